The summed E-state index contributed by atoms with van der Waals surface area (Å²) in [6.07, 6.45) is 5.02. The summed E-state index contributed by atoms with van der Waals surface area (Å²) in [6.45, 7) is 1.28. The molecule has 0 amide bonds. The second-order valence-corrected chi connectivity index (χ2v) is 3.85. The second-order valence-electron chi connectivity index (χ2n) is 3.85. The van der Waals surface area contributed by atoms with E-state index in [2.05, 4.69) is 4.98 Å². The Bertz CT molecular complexity index is 372. The molecule has 0 aliphatic carbocycles. The summed E-state index contributed by atoms with van der Waals surface area (Å²) in [7, 11) is 1.55. The van der Waals surface area contributed by atoms with Crippen molar-refractivity contribution in [3.05, 3.63) is 24.0 Å². The number of ether oxygens (including phenoxy) is 2. The van der Waals surface area contributed by atoms with Crippen LogP contribution >= 0.6 is 0 Å². The minimum atomic E-state index is -0.0370. The highest BCUT2D eigenvalue weighted by Gasteiger charge is 2.25. The monoisotopic (exact) mass is 221 g/mol. The van der Waals surface area contributed by atoms with Crippen LogP contribution in [0.2, 0.25) is 0 Å². The maximum absolute atomic E-state index is 12.2. The van der Waals surface area contributed by atoms with Crippen molar-refractivity contribution in [3.8, 4) is 5.75 Å². The molecule has 1 aliphatic rings. The van der Waals surface area contributed by atoms with E-state index in [4.69, 9.17) is 9.47 Å². The predicted octanol–water partition coefficient (Wildman–Crippen LogP) is 1.70. The van der Waals surface area contributed by atoms with Crippen LogP contribution in [0.15, 0.2) is 18.5 Å². The highest BCUT2D eigenvalue weighted by atomic mass is 16.5. The number of aromatic nitrogens is 1. The van der Waals surface area contributed by atoms with E-state index >= 15 is 0 Å². The van der Waals surface area contributed by atoms with Gasteiger partial charge >= 0.3 is 0 Å². The molecule has 1 unspecified atom stereocenters. The van der Waals surface area contributed by atoms with Crippen molar-refractivity contribution in [2.75, 3.05) is 20.3 Å². The normalized spacial score (nSPS) is 20.4. The van der Waals surface area contributed by atoms with Crippen LogP contribution in [0.1, 0.15) is 23.2 Å². The Morgan fingerprint density at radius 3 is 3.19 bits per heavy atom. The Morgan fingerprint density at radius 1 is 1.62 bits per heavy atom. The Hall–Kier alpha value is -1.42. The van der Waals surface area contributed by atoms with Gasteiger partial charge in [0.25, 0.3) is 0 Å². The van der Waals surface area contributed by atoms with Gasteiger partial charge in [0.2, 0.25) is 0 Å². The third-order valence-electron chi connectivity index (χ3n) is 2.80. The molecule has 0 N–H and O–H groups in total. The second kappa shape index (κ2) is 5.07. The summed E-state index contributed by atoms with van der Waals surface area (Å²) in [5, 5.41) is 0. The Labute approximate surface area is 94.6 Å². The Morgan fingerprint density at radius 2 is 2.50 bits per heavy atom. The molecule has 1 atom stereocenters. The molecule has 2 heterocycles. The number of methoxy groups -OCH3 is 1. The molecule has 16 heavy (non-hydrogen) atoms. The smallest absolute Gasteiger partial charge is 0.172 e. The summed E-state index contributed by atoms with van der Waals surface area (Å²) in [5.74, 6) is 0.599. The Kier molecular flexibility index (Phi) is 3.51. The maximum Gasteiger partial charge on any atom is 0.172 e. The number of Topliss-reactive ketones (excluding diaryl/α,β-unsaturated/α-hetero) is 1. The van der Waals surface area contributed by atoms with Crippen molar-refractivity contribution >= 4 is 5.78 Å². The lowest BCUT2D eigenvalue weighted by atomic mass is 9.93. The van der Waals surface area contributed by atoms with Crippen molar-refractivity contribution in [1.82, 2.24) is 4.98 Å². The highest BCUT2D eigenvalue weighted by Crippen LogP contribution is 2.24. The van der Waals surface area contributed by atoms with Gasteiger partial charge in [-0.3, -0.25) is 9.78 Å². The molecule has 4 nitrogen and oxygen atoms in total. The third-order valence-corrected chi connectivity index (χ3v) is 2.80. The molecule has 0 aromatic carbocycles. The predicted molar refractivity (Wildman–Crippen MR) is 58.7 cm³/mol. The number of pyridine rings is 1. The molecule has 86 valence electrons. The van der Waals surface area contributed by atoms with E-state index in [-0.39, 0.29) is 11.7 Å². The SMILES string of the molecule is COc1cnccc1C(=O)C1CCCOC1. The number of nitrogens with zero attached hydrogens (tertiary/aromatic N) is 1. The first kappa shape index (κ1) is 11.1. The minimum Gasteiger partial charge on any atom is -0.494 e. The highest BCUT2D eigenvalue weighted by molar-refractivity contribution is 6.00. The number of ketones is 1. The van der Waals surface area contributed by atoms with Crippen molar-refractivity contribution in [1.29, 1.82) is 0 Å². The lowest BCUT2D eigenvalue weighted by molar-refractivity contribution is 0.0459. The van der Waals surface area contributed by atoms with Gasteiger partial charge in [-0.2, -0.15) is 0 Å². The van der Waals surface area contributed by atoms with Gasteiger partial charge in [-0.15, -0.1) is 0 Å². The fourth-order valence-electron chi connectivity index (χ4n) is 1.91. The first-order valence-corrected chi connectivity index (χ1v) is 5.43. The van der Waals surface area contributed by atoms with Crippen molar-refractivity contribution in [2.45, 2.75) is 12.8 Å². The first-order valence-electron chi connectivity index (χ1n) is 5.43. The van der Waals surface area contributed by atoms with Crippen LogP contribution in [0, 0.1) is 5.92 Å². The van der Waals surface area contributed by atoms with Crippen molar-refractivity contribution in [3.63, 3.8) is 0 Å². The maximum atomic E-state index is 12.2. The fourth-order valence-corrected chi connectivity index (χ4v) is 1.91. The lowest BCUT2D eigenvalue weighted by Gasteiger charge is -2.21. The number of rotatable bonds is 3. The average Bonchev–Trinajstić information content (AvgIpc) is 2.39. The molecule has 1 aromatic heterocycles. The van der Waals surface area contributed by atoms with Crippen LogP contribution in [0.25, 0.3) is 0 Å². The first-order chi connectivity index (χ1) is 7.83. The van der Waals surface area contributed by atoms with Gasteiger partial charge in [-0.25, -0.2) is 0 Å². The summed E-state index contributed by atoms with van der Waals surface area (Å²) in [6, 6.07) is 1.70. The van der Waals surface area contributed by atoms with Crippen LogP contribution in [-0.2, 0) is 4.74 Å². The number of hydrogen-bond donors (Lipinski definition) is 0. The zero-order chi connectivity index (χ0) is 11.4. The number of hydrogen-bond acceptors (Lipinski definition) is 4. The standard InChI is InChI=1S/C12H15NO3/c1-15-11-7-13-5-4-10(11)12(14)9-3-2-6-16-8-9/h4-5,7,9H,2-3,6,8H2,1H3. The van der Waals surface area contributed by atoms with Gasteiger partial charge in [0.05, 0.1) is 25.5 Å². The zero-order valence-corrected chi connectivity index (χ0v) is 9.31. The molecule has 1 aliphatic heterocycles. The molecule has 1 aromatic rings. The average molecular weight is 221 g/mol. The molecule has 0 bridgehead atoms. The van der Waals surface area contributed by atoms with Gasteiger partial charge in [-0.1, -0.05) is 0 Å². The molecule has 2 rings (SSSR count). The molecule has 4 heteroatoms. The largest absolute Gasteiger partial charge is 0.494 e. The summed E-state index contributed by atoms with van der Waals surface area (Å²) < 4.78 is 10.5. The van der Waals surface area contributed by atoms with Gasteiger partial charge in [-0.05, 0) is 18.9 Å². The van der Waals surface area contributed by atoms with Crippen LogP contribution in [0.5, 0.6) is 5.75 Å². The van der Waals surface area contributed by atoms with E-state index in [0.29, 0.717) is 17.9 Å². The van der Waals surface area contributed by atoms with Crippen LogP contribution in [0.3, 0.4) is 0 Å². The van der Waals surface area contributed by atoms with Gasteiger partial charge in [0.15, 0.2) is 5.78 Å². The summed E-state index contributed by atoms with van der Waals surface area (Å²) >= 11 is 0. The molecule has 0 saturated carbocycles. The van der Waals surface area contributed by atoms with E-state index in [9.17, 15) is 4.79 Å². The van der Waals surface area contributed by atoms with Gasteiger partial charge < -0.3 is 9.47 Å². The molecule has 0 radical (unpaired) electrons. The Balaban J connectivity index is 2.19. The van der Waals surface area contributed by atoms with Gasteiger partial charge in [0, 0.05) is 18.7 Å². The van der Waals surface area contributed by atoms with E-state index in [1.54, 1.807) is 25.6 Å². The number of carbonyl (C=O) groups is 1. The van der Waals surface area contributed by atoms with Crippen molar-refractivity contribution < 1.29 is 14.3 Å². The topological polar surface area (TPSA) is 48.4 Å². The van der Waals surface area contributed by atoms with E-state index < -0.39 is 0 Å². The fraction of sp³-hybridized carbons (Fsp3) is 0.500. The van der Waals surface area contributed by atoms with Crippen LogP contribution in [-0.4, -0.2) is 31.1 Å². The van der Waals surface area contributed by atoms with Crippen LogP contribution < -0.4 is 4.74 Å². The summed E-state index contributed by atoms with van der Waals surface area (Å²) in [5.41, 5.74) is 0.605. The van der Waals surface area contributed by atoms with Crippen molar-refractivity contribution in [2.24, 2.45) is 5.92 Å². The zero-order valence-electron chi connectivity index (χ0n) is 9.31. The van der Waals surface area contributed by atoms with E-state index in [1.165, 1.54) is 0 Å². The molecular formula is C12H15NO3. The third kappa shape index (κ3) is 2.22. The van der Waals surface area contributed by atoms with Crippen LogP contribution in [0.4, 0.5) is 0 Å². The number of carbonyl (C=O) groups excluding carboxylic acids is 1. The van der Waals surface area contributed by atoms with E-state index in [0.717, 1.165) is 19.4 Å². The quantitative estimate of drug-likeness (QED) is 0.729. The lowest BCUT2D eigenvalue weighted by Crippen LogP contribution is -2.25. The molecule has 0 spiro atoms. The molecule has 1 saturated heterocycles. The molecular weight excluding hydrogens is 206 g/mol. The van der Waals surface area contributed by atoms with E-state index in [1.807, 2.05) is 0 Å². The summed E-state index contributed by atoms with van der Waals surface area (Å²) in [4.78, 5) is 16.1. The molecule has 1 fully saturated rings. The minimum absolute atomic E-state index is 0.0370. The van der Waals surface area contributed by atoms with Gasteiger partial charge in [0.1, 0.15) is 5.75 Å².